The summed E-state index contributed by atoms with van der Waals surface area (Å²) < 4.78 is 45.1. The molecule has 0 saturated heterocycles. The van der Waals surface area contributed by atoms with E-state index in [1.165, 1.54) is 7.11 Å². The number of halogens is 3. The standard InChI is InChI=1S/C19H25F3N6O/c1-24-9-12(23)7-11-3-6-15(16(8-11)29-2)27-18-25-10-14(19(20,21)22)17(28-18)26-13-4-5-13/h3,6,8,10,12-13,24H,4-5,7,9,23H2,1-2H3,(H2,25,26,27,28)/t12-/m0/s1. The molecule has 1 atom stereocenters. The molecule has 0 bridgehead atoms. The molecule has 3 rings (SSSR count). The minimum Gasteiger partial charge on any atom is -0.495 e. The van der Waals surface area contributed by atoms with Gasteiger partial charge in [-0.2, -0.15) is 18.2 Å². The van der Waals surface area contributed by atoms with Crippen molar-refractivity contribution in [2.75, 3.05) is 31.3 Å². The van der Waals surface area contributed by atoms with Crippen LogP contribution in [0.1, 0.15) is 24.0 Å². The Morgan fingerprint density at radius 3 is 2.69 bits per heavy atom. The topological polar surface area (TPSA) is 97.1 Å². The normalized spacial score (nSPS) is 15.1. The molecule has 1 aliphatic carbocycles. The number of nitrogens with two attached hydrogens (primary N) is 1. The fourth-order valence-electron chi connectivity index (χ4n) is 2.90. The van der Waals surface area contributed by atoms with Gasteiger partial charge in [-0.15, -0.1) is 0 Å². The molecule has 1 fully saturated rings. The average Bonchev–Trinajstić information content (AvgIpc) is 3.46. The maximum Gasteiger partial charge on any atom is 0.421 e. The van der Waals surface area contributed by atoms with Gasteiger partial charge in [-0.05, 0) is 44.0 Å². The lowest BCUT2D eigenvalue weighted by Crippen LogP contribution is -2.33. The van der Waals surface area contributed by atoms with Gasteiger partial charge in [0.2, 0.25) is 5.95 Å². The van der Waals surface area contributed by atoms with E-state index in [0.717, 1.165) is 24.6 Å². The molecule has 2 aromatic rings. The van der Waals surface area contributed by atoms with Crippen molar-refractivity contribution >= 4 is 17.5 Å². The van der Waals surface area contributed by atoms with Crippen LogP contribution in [0.3, 0.4) is 0 Å². The number of benzene rings is 1. The lowest BCUT2D eigenvalue weighted by atomic mass is 10.1. The predicted molar refractivity (Wildman–Crippen MR) is 106 cm³/mol. The van der Waals surface area contributed by atoms with Crippen LogP contribution in [0, 0.1) is 0 Å². The number of nitrogens with zero attached hydrogens (tertiary/aromatic N) is 2. The number of rotatable bonds is 9. The van der Waals surface area contributed by atoms with Crippen molar-refractivity contribution < 1.29 is 17.9 Å². The fourth-order valence-corrected chi connectivity index (χ4v) is 2.90. The van der Waals surface area contributed by atoms with E-state index in [9.17, 15) is 13.2 Å². The van der Waals surface area contributed by atoms with Crippen molar-refractivity contribution in [1.29, 1.82) is 0 Å². The van der Waals surface area contributed by atoms with Crippen molar-refractivity contribution in [3.63, 3.8) is 0 Å². The SMILES string of the molecule is CNC[C@@H](N)Cc1ccc(Nc2ncc(C(F)(F)F)c(NC3CC3)n2)c(OC)c1. The Morgan fingerprint density at radius 1 is 1.31 bits per heavy atom. The van der Waals surface area contributed by atoms with Crippen molar-refractivity contribution in [2.24, 2.45) is 5.73 Å². The van der Waals surface area contributed by atoms with Gasteiger partial charge in [-0.3, -0.25) is 0 Å². The van der Waals surface area contributed by atoms with Gasteiger partial charge in [0.15, 0.2) is 0 Å². The summed E-state index contributed by atoms with van der Waals surface area (Å²) in [5.41, 5.74) is 6.70. The van der Waals surface area contributed by atoms with Crippen LogP contribution in [0.15, 0.2) is 24.4 Å². The van der Waals surface area contributed by atoms with Crippen LogP contribution in [0.2, 0.25) is 0 Å². The van der Waals surface area contributed by atoms with E-state index in [-0.39, 0.29) is 23.8 Å². The van der Waals surface area contributed by atoms with Crippen molar-refractivity contribution in [3.05, 3.63) is 35.5 Å². The van der Waals surface area contributed by atoms with Gasteiger partial charge >= 0.3 is 6.18 Å². The molecular formula is C19H25F3N6O. The number of ether oxygens (including phenoxy) is 1. The van der Waals surface area contributed by atoms with E-state index in [1.807, 2.05) is 19.2 Å². The molecule has 0 amide bonds. The van der Waals surface area contributed by atoms with Gasteiger partial charge in [0, 0.05) is 24.8 Å². The number of nitrogens with one attached hydrogen (secondary N) is 3. The van der Waals surface area contributed by atoms with Crippen LogP contribution in [-0.4, -0.2) is 42.8 Å². The number of aromatic nitrogens is 2. The van der Waals surface area contributed by atoms with Crippen LogP contribution in [0.5, 0.6) is 5.75 Å². The van der Waals surface area contributed by atoms with Gasteiger partial charge in [-0.25, -0.2) is 4.98 Å². The Bertz CT molecular complexity index is 841. The zero-order valence-electron chi connectivity index (χ0n) is 16.3. The Morgan fingerprint density at radius 2 is 2.07 bits per heavy atom. The molecule has 1 aromatic heterocycles. The third kappa shape index (κ3) is 5.70. The highest BCUT2D eigenvalue weighted by Crippen LogP contribution is 2.37. The van der Waals surface area contributed by atoms with Gasteiger partial charge in [-0.1, -0.05) is 6.07 Å². The van der Waals surface area contributed by atoms with Crippen molar-refractivity contribution in [1.82, 2.24) is 15.3 Å². The highest BCUT2D eigenvalue weighted by atomic mass is 19.4. The summed E-state index contributed by atoms with van der Waals surface area (Å²) in [6.45, 7) is 0.679. The summed E-state index contributed by atoms with van der Waals surface area (Å²) in [5, 5.41) is 8.80. The van der Waals surface area contributed by atoms with Gasteiger partial charge in [0.1, 0.15) is 17.1 Å². The molecule has 10 heteroatoms. The predicted octanol–water partition coefficient (Wildman–Crippen LogP) is 2.91. The quantitative estimate of drug-likeness (QED) is 0.505. The minimum atomic E-state index is -4.53. The number of alkyl halides is 3. The largest absolute Gasteiger partial charge is 0.495 e. The monoisotopic (exact) mass is 410 g/mol. The summed E-state index contributed by atoms with van der Waals surface area (Å²) in [6, 6.07) is 5.47. The summed E-state index contributed by atoms with van der Waals surface area (Å²) in [6.07, 6.45) is -1.42. The van der Waals surface area contributed by atoms with E-state index >= 15 is 0 Å². The molecule has 0 radical (unpaired) electrons. The second kappa shape index (κ2) is 8.83. The molecule has 29 heavy (non-hydrogen) atoms. The zero-order valence-corrected chi connectivity index (χ0v) is 16.3. The summed E-state index contributed by atoms with van der Waals surface area (Å²) in [4.78, 5) is 7.88. The van der Waals surface area contributed by atoms with Crippen LogP contribution < -0.4 is 26.4 Å². The fraction of sp³-hybridized carbons (Fsp3) is 0.474. The first kappa shape index (κ1) is 21.1. The molecule has 1 saturated carbocycles. The van der Waals surface area contributed by atoms with E-state index in [1.54, 1.807) is 6.07 Å². The van der Waals surface area contributed by atoms with E-state index in [4.69, 9.17) is 10.5 Å². The second-order valence-corrected chi connectivity index (χ2v) is 7.05. The van der Waals surface area contributed by atoms with Crippen LogP contribution >= 0.6 is 0 Å². The molecule has 0 unspecified atom stereocenters. The van der Waals surface area contributed by atoms with Gasteiger partial charge < -0.3 is 26.4 Å². The smallest absolute Gasteiger partial charge is 0.421 e. The number of hydrogen-bond donors (Lipinski definition) is 4. The van der Waals surface area contributed by atoms with Gasteiger partial charge in [0.05, 0.1) is 12.8 Å². The van der Waals surface area contributed by atoms with E-state index in [2.05, 4.69) is 25.9 Å². The minimum absolute atomic E-state index is 0.0227. The first-order chi connectivity index (χ1) is 13.8. The maximum atomic E-state index is 13.2. The van der Waals surface area contributed by atoms with Crippen LogP contribution in [0.25, 0.3) is 0 Å². The average molecular weight is 410 g/mol. The van der Waals surface area contributed by atoms with E-state index in [0.29, 0.717) is 24.4 Å². The molecule has 0 spiro atoms. The lowest BCUT2D eigenvalue weighted by Gasteiger charge is -2.16. The van der Waals surface area contributed by atoms with Crippen molar-refractivity contribution in [2.45, 2.75) is 37.5 Å². The molecule has 0 aliphatic heterocycles. The number of anilines is 3. The summed E-state index contributed by atoms with van der Waals surface area (Å²) >= 11 is 0. The molecule has 5 N–H and O–H groups in total. The molecule has 1 heterocycles. The highest BCUT2D eigenvalue weighted by Gasteiger charge is 2.36. The number of likely N-dealkylation sites (N-methyl/N-ethyl adjacent to an activating group) is 1. The second-order valence-electron chi connectivity index (χ2n) is 7.05. The molecule has 1 aliphatic rings. The first-order valence-corrected chi connectivity index (χ1v) is 9.35. The Balaban J connectivity index is 1.81. The van der Waals surface area contributed by atoms with Crippen LogP contribution in [0.4, 0.5) is 30.6 Å². The number of hydrogen-bond acceptors (Lipinski definition) is 7. The van der Waals surface area contributed by atoms with Gasteiger partial charge in [0.25, 0.3) is 0 Å². The molecule has 158 valence electrons. The van der Waals surface area contributed by atoms with E-state index < -0.39 is 11.7 Å². The highest BCUT2D eigenvalue weighted by molar-refractivity contribution is 5.64. The summed E-state index contributed by atoms with van der Waals surface area (Å²) in [5.74, 6) is 0.365. The number of methoxy groups -OCH3 is 1. The zero-order chi connectivity index (χ0) is 21.0. The Hall–Kier alpha value is -2.59. The molecule has 7 nitrogen and oxygen atoms in total. The third-order valence-electron chi connectivity index (χ3n) is 4.49. The summed E-state index contributed by atoms with van der Waals surface area (Å²) in [7, 11) is 3.36. The maximum absolute atomic E-state index is 13.2. The Kier molecular flexibility index (Phi) is 6.43. The first-order valence-electron chi connectivity index (χ1n) is 9.35. The van der Waals surface area contributed by atoms with Crippen molar-refractivity contribution in [3.8, 4) is 5.75 Å². The molecule has 1 aromatic carbocycles. The third-order valence-corrected chi connectivity index (χ3v) is 4.49. The van der Waals surface area contributed by atoms with Crippen LogP contribution in [-0.2, 0) is 12.6 Å². The Labute approximate surface area is 167 Å². The molecular weight excluding hydrogens is 385 g/mol. The lowest BCUT2D eigenvalue weighted by molar-refractivity contribution is -0.137.